The molecular weight excluding hydrogens is 132 g/mol. The van der Waals surface area contributed by atoms with Crippen LogP contribution in [0.4, 0.5) is 0 Å². The summed E-state index contributed by atoms with van der Waals surface area (Å²) in [6, 6.07) is 0. The monoisotopic (exact) mass is 138 g/mol. The molecule has 6 N–H and O–H groups in total. The molecule has 0 saturated carbocycles. The molecule has 41 valence electrons. The summed E-state index contributed by atoms with van der Waals surface area (Å²) in [7, 11) is -4.89. The van der Waals surface area contributed by atoms with Gasteiger partial charge in [0.2, 0.25) is 0 Å². The van der Waals surface area contributed by atoms with Gasteiger partial charge in [-0.05, 0) is 0 Å². The van der Waals surface area contributed by atoms with E-state index in [0.717, 1.165) is 0 Å². The van der Waals surface area contributed by atoms with Crippen molar-refractivity contribution in [1.29, 1.82) is 0 Å². The Balaban J connectivity index is -0.0000000800. The van der Waals surface area contributed by atoms with Crippen molar-refractivity contribution < 1.29 is 19.2 Å². The van der Waals surface area contributed by atoms with Crippen molar-refractivity contribution >= 4 is 37.4 Å². The Labute approximate surface area is 62.9 Å². The third-order valence-corrected chi connectivity index (χ3v) is 0. The van der Waals surface area contributed by atoms with E-state index in [1.54, 1.807) is 0 Å². The molecule has 0 amide bonds. The first-order chi connectivity index (χ1) is 2.00. The van der Waals surface area contributed by atoms with E-state index in [1.165, 1.54) is 0 Å². The van der Waals surface area contributed by atoms with Gasteiger partial charge in [0.05, 0.1) is 0 Å². The minimum atomic E-state index is -4.89. The first-order valence-corrected chi connectivity index (χ1v) is 2.30. The van der Waals surface area contributed by atoms with Gasteiger partial charge in [-0.3, -0.25) is 4.57 Å². The van der Waals surface area contributed by atoms with Gasteiger partial charge < -0.3 is 20.8 Å². The summed E-state index contributed by atoms with van der Waals surface area (Å²) in [5.41, 5.74) is 0. The fraction of sp³-hybridized carbons (Fsp3) is 0. The number of quaternary nitrogens is 1. The molecular formula is H6NNaO4P. The third-order valence-electron chi connectivity index (χ3n) is 0. The number of phosphoric acid groups is 1. The molecule has 0 fully saturated rings. The second-order valence-corrected chi connectivity index (χ2v) is 1.47. The van der Waals surface area contributed by atoms with Crippen LogP contribution in [-0.2, 0) is 4.57 Å². The Hall–Kier alpha value is 1.07. The molecule has 0 aliphatic rings. The quantitative estimate of drug-likeness (QED) is 0.277. The van der Waals surface area contributed by atoms with Gasteiger partial charge in [0.15, 0.2) is 0 Å². The maximum atomic E-state index is 8.77. The summed E-state index contributed by atoms with van der Waals surface area (Å²) < 4.78 is 8.77. The van der Waals surface area contributed by atoms with Crippen molar-refractivity contribution in [1.82, 2.24) is 6.15 Å². The van der Waals surface area contributed by atoms with Crippen molar-refractivity contribution in [3.63, 3.8) is 0 Å². The molecule has 5 nitrogen and oxygen atoms in total. The second kappa shape index (κ2) is 5.21. The summed E-state index contributed by atoms with van der Waals surface area (Å²) in [6.45, 7) is 0. The fourth-order valence-electron chi connectivity index (χ4n) is 0. The zero-order valence-electron chi connectivity index (χ0n) is 4.16. The van der Waals surface area contributed by atoms with Gasteiger partial charge in [0.25, 0.3) is 7.82 Å². The van der Waals surface area contributed by atoms with E-state index in [2.05, 4.69) is 0 Å². The van der Waals surface area contributed by atoms with Crippen LogP contribution in [0.3, 0.4) is 0 Å². The maximum Gasteiger partial charge on any atom is 0.262 e. The summed E-state index contributed by atoms with van der Waals surface area (Å²) in [4.78, 5) is 22.9. The zero-order chi connectivity index (χ0) is 4.50. The molecule has 0 rings (SSSR count). The minimum absolute atomic E-state index is 0. The summed E-state index contributed by atoms with van der Waals surface area (Å²) in [5, 5.41) is 0. The van der Waals surface area contributed by atoms with Crippen LogP contribution in [0.2, 0.25) is 0 Å². The first kappa shape index (κ1) is 15.7. The van der Waals surface area contributed by atoms with Gasteiger partial charge in [-0.15, -0.1) is 0 Å². The summed E-state index contributed by atoms with van der Waals surface area (Å²) in [5.74, 6) is 0. The molecule has 7 heteroatoms. The van der Waals surface area contributed by atoms with Crippen molar-refractivity contribution in [3.05, 3.63) is 0 Å². The van der Waals surface area contributed by atoms with Crippen LogP contribution in [0, 0.1) is 0 Å². The van der Waals surface area contributed by atoms with Crippen molar-refractivity contribution in [2.45, 2.75) is 0 Å². The number of hydrogen-bond acceptors (Lipinski definition) is 2. The van der Waals surface area contributed by atoms with Crippen molar-refractivity contribution in [2.24, 2.45) is 0 Å². The number of hydrogen-bond donors (Lipinski definition) is 3. The van der Waals surface area contributed by atoms with Gasteiger partial charge >= 0.3 is 0 Å². The van der Waals surface area contributed by atoms with E-state index >= 15 is 0 Å². The maximum absolute atomic E-state index is 8.77. The topological polar surface area (TPSA) is 117 Å². The molecule has 0 saturated heterocycles. The summed E-state index contributed by atoms with van der Waals surface area (Å²) >= 11 is 0. The Morgan fingerprint density at radius 1 is 1.43 bits per heavy atom. The van der Waals surface area contributed by atoms with Crippen molar-refractivity contribution in [2.75, 3.05) is 0 Å². The van der Waals surface area contributed by atoms with Gasteiger partial charge in [-0.1, -0.05) is 0 Å². The largest absolute Gasteiger partial charge is 0.756 e. The molecule has 0 spiro atoms. The van der Waals surface area contributed by atoms with Crippen molar-refractivity contribution in [3.8, 4) is 0 Å². The fourth-order valence-corrected chi connectivity index (χ4v) is 0. The molecule has 0 aromatic heterocycles. The van der Waals surface area contributed by atoms with E-state index in [1.807, 2.05) is 0 Å². The van der Waals surface area contributed by atoms with E-state index in [0.29, 0.717) is 0 Å². The second-order valence-electron chi connectivity index (χ2n) is 0.491. The van der Waals surface area contributed by atoms with E-state index < -0.39 is 7.82 Å². The molecule has 0 heterocycles. The molecule has 0 aromatic rings. The van der Waals surface area contributed by atoms with Crippen LogP contribution in [0.5, 0.6) is 0 Å². The Morgan fingerprint density at radius 3 is 1.43 bits per heavy atom. The van der Waals surface area contributed by atoms with Crippen LogP contribution >= 0.6 is 7.82 Å². The molecule has 1 radical (unpaired) electrons. The van der Waals surface area contributed by atoms with Crippen LogP contribution in [0.1, 0.15) is 0 Å². The van der Waals surface area contributed by atoms with Crippen LogP contribution in [-0.4, -0.2) is 39.3 Å². The Morgan fingerprint density at radius 2 is 1.43 bits per heavy atom. The minimum Gasteiger partial charge on any atom is -0.756 e. The van der Waals surface area contributed by atoms with E-state index in [4.69, 9.17) is 19.2 Å². The zero-order valence-corrected chi connectivity index (χ0v) is 7.05. The standard InChI is InChI=1S/H3N.Na.H3O4P/c;;1-5(2,3)4/h1H3;;(H3,1,2,3,4). The van der Waals surface area contributed by atoms with Gasteiger partial charge in [0, 0.05) is 29.6 Å². The van der Waals surface area contributed by atoms with E-state index in [-0.39, 0.29) is 35.7 Å². The first-order valence-electron chi connectivity index (χ1n) is 0.765. The average Bonchev–Trinajstić information content (AvgIpc) is 0.722. The predicted octanol–water partition coefficient (Wildman–Crippen LogP) is -1.57. The smallest absolute Gasteiger partial charge is 0.262 e. The van der Waals surface area contributed by atoms with Crippen LogP contribution < -0.4 is 11.0 Å². The predicted molar refractivity (Wildman–Crippen MR) is 23.8 cm³/mol. The SMILES string of the molecule is O=P([O-])(O)O.[NH4+].[Na]. The molecule has 0 aromatic carbocycles. The Kier molecular flexibility index (Phi) is 11.7. The van der Waals surface area contributed by atoms with E-state index in [9.17, 15) is 0 Å². The molecule has 0 atom stereocenters. The van der Waals surface area contributed by atoms with Crippen LogP contribution in [0.15, 0.2) is 0 Å². The molecule has 0 bridgehead atoms. The molecule has 0 unspecified atom stereocenters. The Bertz CT molecular complexity index is 57.8. The van der Waals surface area contributed by atoms with Gasteiger partial charge in [-0.25, -0.2) is 0 Å². The summed E-state index contributed by atoms with van der Waals surface area (Å²) in [6.07, 6.45) is 0. The molecule has 7 heavy (non-hydrogen) atoms. The van der Waals surface area contributed by atoms with Crippen LogP contribution in [0.25, 0.3) is 0 Å². The normalized spacial score (nSPS) is 8.43. The number of rotatable bonds is 0. The van der Waals surface area contributed by atoms with Gasteiger partial charge in [-0.2, -0.15) is 0 Å². The third kappa shape index (κ3) is 159. The average molecular weight is 138 g/mol. The molecule has 0 aliphatic carbocycles. The molecule has 0 aliphatic heterocycles. The van der Waals surface area contributed by atoms with Gasteiger partial charge in [0.1, 0.15) is 0 Å².